The average Bonchev–Trinajstić information content (AvgIpc) is 3.18. The van der Waals surface area contributed by atoms with Gasteiger partial charge in [0.05, 0.1) is 12.5 Å². The lowest BCUT2D eigenvalue weighted by Gasteiger charge is -2.26. The zero-order chi connectivity index (χ0) is 18.8. The fourth-order valence-corrected chi connectivity index (χ4v) is 4.30. The fraction of sp³-hybridized carbons (Fsp3) is 0.200. The van der Waals surface area contributed by atoms with Crippen LogP contribution in [0.4, 0.5) is 0 Å². The standard InChI is InChI=1S/C20H17Cl.C5H6O/c1-2-13-6-8-15-14(12-13)7-9-18-16-4-3-5-20(21)19(16)11-10-17(15)18;1-5-2-3-6-4-5/h2-5,7,9,12H,1,6,8,10-11H2;2-4H,1H3. The molecule has 3 aromatic rings. The van der Waals surface area contributed by atoms with Crippen molar-refractivity contribution in [1.82, 2.24) is 0 Å². The van der Waals surface area contributed by atoms with Gasteiger partial charge in [0, 0.05) is 5.02 Å². The maximum Gasteiger partial charge on any atom is 0.0931 e. The highest BCUT2D eigenvalue weighted by Crippen LogP contribution is 2.41. The van der Waals surface area contributed by atoms with E-state index in [-0.39, 0.29) is 0 Å². The lowest BCUT2D eigenvalue weighted by atomic mass is 9.78. The van der Waals surface area contributed by atoms with Crippen molar-refractivity contribution >= 4 is 17.7 Å². The number of allylic oxidation sites excluding steroid dienone is 2. The molecule has 0 bridgehead atoms. The Morgan fingerprint density at radius 2 is 1.70 bits per heavy atom. The Bertz CT molecular complexity index is 1010. The van der Waals surface area contributed by atoms with Gasteiger partial charge >= 0.3 is 0 Å². The van der Waals surface area contributed by atoms with Crippen LogP contribution in [-0.4, -0.2) is 0 Å². The van der Waals surface area contributed by atoms with Crippen LogP contribution in [-0.2, 0) is 19.3 Å². The van der Waals surface area contributed by atoms with Crippen molar-refractivity contribution in [2.45, 2.75) is 32.6 Å². The van der Waals surface area contributed by atoms with Gasteiger partial charge in [0.15, 0.2) is 0 Å². The second-order valence-electron chi connectivity index (χ2n) is 7.15. The van der Waals surface area contributed by atoms with Crippen LogP contribution in [0.1, 0.15) is 34.2 Å². The predicted molar refractivity (Wildman–Crippen MR) is 114 cm³/mol. The Hall–Kier alpha value is -2.51. The second kappa shape index (κ2) is 7.62. The van der Waals surface area contributed by atoms with Gasteiger partial charge in [0.2, 0.25) is 0 Å². The molecule has 0 saturated heterocycles. The second-order valence-corrected chi connectivity index (χ2v) is 7.56. The highest BCUT2D eigenvalue weighted by Gasteiger charge is 2.22. The quantitative estimate of drug-likeness (QED) is 0.438. The number of hydrogen-bond acceptors (Lipinski definition) is 1. The number of fused-ring (bicyclic) bond motifs is 5. The normalized spacial score (nSPS) is 14.1. The van der Waals surface area contributed by atoms with Crippen molar-refractivity contribution in [3.63, 3.8) is 0 Å². The Morgan fingerprint density at radius 3 is 2.41 bits per heavy atom. The molecular weight excluding hydrogens is 352 g/mol. The number of rotatable bonds is 1. The summed E-state index contributed by atoms with van der Waals surface area (Å²) < 4.78 is 4.71. The molecule has 0 N–H and O–H groups in total. The molecule has 0 radical (unpaired) electrons. The first kappa shape index (κ1) is 17.9. The first-order valence-corrected chi connectivity index (χ1v) is 9.79. The van der Waals surface area contributed by atoms with Gasteiger partial charge in [-0.2, -0.15) is 0 Å². The minimum atomic E-state index is 0.907. The minimum Gasteiger partial charge on any atom is -0.472 e. The first-order valence-electron chi connectivity index (χ1n) is 9.41. The molecule has 1 aromatic heterocycles. The monoisotopic (exact) mass is 374 g/mol. The molecule has 0 spiro atoms. The van der Waals surface area contributed by atoms with E-state index in [0.29, 0.717) is 0 Å². The third-order valence-corrected chi connectivity index (χ3v) is 5.79. The third-order valence-electron chi connectivity index (χ3n) is 5.43. The van der Waals surface area contributed by atoms with Gasteiger partial charge in [-0.3, -0.25) is 0 Å². The molecule has 2 aliphatic rings. The van der Waals surface area contributed by atoms with E-state index in [1.807, 2.05) is 25.1 Å². The highest BCUT2D eigenvalue weighted by atomic mass is 35.5. The van der Waals surface area contributed by atoms with Crippen molar-refractivity contribution in [2.24, 2.45) is 0 Å². The van der Waals surface area contributed by atoms with E-state index in [0.717, 1.165) is 30.7 Å². The maximum absolute atomic E-state index is 6.37. The molecule has 0 unspecified atom stereocenters. The maximum atomic E-state index is 6.37. The van der Waals surface area contributed by atoms with E-state index >= 15 is 0 Å². The van der Waals surface area contributed by atoms with E-state index in [4.69, 9.17) is 16.0 Å². The Morgan fingerprint density at radius 1 is 0.926 bits per heavy atom. The van der Waals surface area contributed by atoms with E-state index < -0.39 is 0 Å². The lowest BCUT2D eigenvalue weighted by Crippen LogP contribution is -2.11. The van der Waals surface area contributed by atoms with Crippen LogP contribution in [0.2, 0.25) is 5.02 Å². The number of aryl methyl sites for hydroxylation is 1. The van der Waals surface area contributed by atoms with Gasteiger partial charge in [-0.1, -0.05) is 54.6 Å². The first-order chi connectivity index (χ1) is 13.2. The van der Waals surface area contributed by atoms with E-state index in [2.05, 4.69) is 36.9 Å². The molecule has 2 aromatic carbocycles. The van der Waals surface area contributed by atoms with E-state index in [1.165, 1.54) is 44.5 Å². The number of furan rings is 1. The molecule has 0 atom stereocenters. The SMILES string of the molecule is C=CC1=Cc2ccc3c(c2CC1)CCc1c(Cl)cccc1-3.Cc1ccoc1. The summed E-state index contributed by atoms with van der Waals surface area (Å²) in [4.78, 5) is 0. The topological polar surface area (TPSA) is 13.1 Å². The van der Waals surface area contributed by atoms with Gasteiger partial charge in [-0.05, 0) is 89.3 Å². The summed E-state index contributed by atoms with van der Waals surface area (Å²) in [5.41, 5.74) is 11.0. The Balaban J connectivity index is 0.000000257. The van der Waals surface area contributed by atoms with Crippen LogP contribution < -0.4 is 0 Å². The zero-order valence-electron chi connectivity index (χ0n) is 15.6. The van der Waals surface area contributed by atoms with Gasteiger partial charge in [-0.15, -0.1) is 0 Å². The fourth-order valence-electron chi connectivity index (χ4n) is 4.03. The molecule has 0 saturated carbocycles. The summed E-state index contributed by atoms with van der Waals surface area (Å²) in [5.74, 6) is 0. The zero-order valence-corrected chi connectivity index (χ0v) is 16.4. The molecule has 136 valence electrons. The smallest absolute Gasteiger partial charge is 0.0931 e. The van der Waals surface area contributed by atoms with Crippen LogP contribution in [0.15, 0.2) is 71.6 Å². The summed E-state index contributed by atoms with van der Waals surface area (Å²) in [6, 6.07) is 12.7. The van der Waals surface area contributed by atoms with Gasteiger partial charge < -0.3 is 4.42 Å². The molecule has 1 heterocycles. The van der Waals surface area contributed by atoms with Gasteiger partial charge in [-0.25, -0.2) is 0 Å². The summed E-state index contributed by atoms with van der Waals surface area (Å²) in [5, 5.41) is 0.907. The van der Waals surface area contributed by atoms with Crippen molar-refractivity contribution in [1.29, 1.82) is 0 Å². The number of halogens is 1. The summed E-state index contributed by atoms with van der Waals surface area (Å²) >= 11 is 6.37. The van der Waals surface area contributed by atoms with Crippen LogP contribution in [0.5, 0.6) is 0 Å². The van der Waals surface area contributed by atoms with Crippen molar-refractivity contribution in [3.05, 3.63) is 100.0 Å². The Labute approximate surface area is 166 Å². The number of benzene rings is 2. The van der Waals surface area contributed by atoms with E-state index in [1.54, 1.807) is 12.5 Å². The van der Waals surface area contributed by atoms with Crippen LogP contribution >= 0.6 is 11.6 Å². The average molecular weight is 375 g/mol. The van der Waals surface area contributed by atoms with Crippen molar-refractivity contribution in [2.75, 3.05) is 0 Å². The Kier molecular flexibility index (Phi) is 5.05. The summed E-state index contributed by atoms with van der Waals surface area (Å²) in [6.07, 6.45) is 12.0. The van der Waals surface area contributed by atoms with E-state index in [9.17, 15) is 0 Å². The molecule has 2 heteroatoms. The number of hydrogen-bond donors (Lipinski definition) is 0. The third kappa shape index (κ3) is 3.52. The molecule has 5 rings (SSSR count). The summed E-state index contributed by atoms with van der Waals surface area (Å²) in [7, 11) is 0. The molecular formula is C25H23ClO. The highest BCUT2D eigenvalue weighted by molar-refractivity contribution is 6.31. The molecule has 2 aliphatic carbocycles. The predicted octanol–water partition coefficient (Wildman–Crippen LogP) is 7.21. The van der Waals surface area contributed by atoms with Gasteiger partial charge in [0.25, 0.3) is 0 Å². The van der Waals surface area contributed by atoms with Crippen LogP contribution in [0.3, 0.4) is 0 Å². The van der Waals surface area contributed by atoms with Crippen LogP contribution in [0.25, 0.3) is 17.2 Å². The lowest BCUT2D eigenvalue weighted by molar-refractivity contribution is 0.565. The molecule has 27 heavy (non-hydrogen) atoms. The largest absolute Gasteiger partial charge is 0.472 e. The van der Waals surface area contributed by atoms with Crippen LogP contribution in [0, 0.1) is 6.92 Å². The summed E-state index contributed by atoms with van der Waals surface area (Å²) in [6.45, 7) is 5.89. The van der Waals surface area contributed by atoms with Crippen molar-refractivity contribution < 1.29 is 4.42 Å². The van der Waals surface area contributed by atoms with Gasteiger partial charge in [0.1, 0.15) is 0 Å². The minimum absolute atomic E-state index is 0.907. The molecule has 0 aliphatic heterocycles. The molecule has 0 fully saturated rings. The van der Waals surface area contributed by atoms with Crippen molar-refractivity contribution in [3.8, 4) is 11.1 Å². The molecule has 0 amide bonds. The molecule has 1 nitrogen and oxygen atoms in total.